The van der Waals surface area contributed by atoms with Gasteiger partial charge in [-0.3, -0.25) is 14.5 Å². The molecular formula is C32H36ClN5O5S. The molecule has 0 atom stereocenters. The summed E-state index contributed by atoms with van der Waals surface area (Å²) < 4.78 is 11.3. The second kappa shape index (κ2) is 13.9. The number of rotatable bonds is 10. The van der Waals surface area contributed by atoms with Crippen molar-refractivity contribution >= 4 is 56.9 Å². The first-order valence-electron chi connectivity index (χ1n) is 14.5. The molecule has 2 aromatic carbocycles. The van der Waals surface area contributed by atoms with Gasteiger partial charge >= 0.3 is 6.09 Å². The Morgan fingerprint density at radius 2 is 1.73 bits per heavy atom. The van der Waals surface area contributed by atoms with E-state index in [9.17, 15) is 14.4 Å². The molecular weight excluding hydrogens is 602 g/mol. The summed E-state index contributed by atoms with van der Waals surface area (Å²) in [4.78, 5) is 42.8. The smallest absolute Gasteiger partial charge is 0.436 e. The van der Waals surface area contributed by atoms with Crippen LogP contribution in [-0.4, -0.2) is 66.0 Å². The van der Waals surface area contributed by atoms with Crippen molar-refractivity contribution in [1.82, 2.24) is 20.0 Å². The van der Waals surface area contributed by atoms with Crippen LogP contribution >= 0.6 is 22.9 Å². The third-order valence-electron chi connectivity index (χ3n) is 7.55. The monoisotopic (exact) mass is 637 g/mol. The zero-order valence-electron chi connectivity index (χ0n) is 25.0. The molecule has 1 aliphatic heterocycles. The summed E-state index contributed by atoms with van der Waals surface area (Å²) in [7, 11) is 1.50. The van der Waals surface area contributed by atoms with Gasteiger partial charge in [-0.2, -0.15) is 4.68 Å². The third kappa shape index (κ3) is 7.29. The van der Waals surface area contributed by atoms with E-state index < -0.39 is 11.6 Å². The third-order valence-corrected chi connectivity index (χ3v) is 8.98. The van der Waals surface area contributed by atoms with Crippen molar-refractivity contribution in [3.05, 3.63) is 81.2 Å². The largest absolute Gasteiger partial charge is 0.445 e. The summed E-state index contributed by atoms with van der Waals surface area (Å²) in [6.45, 7) is 6.98. The zero-order chi connectivity index (χ0) is 31.3. The summed E-state index contributed by atoms with van der Waals surface area (Å²) >= 11 is 7.47. The maximum atomic E-state index is 13.4. The van der Waals surface area contributed by atoms with Gasteiger partial charge in [0.05, 0.1) is 22.4 Å². The van der Waals surface area contributed by atoms with Gasteiger partial charge in [0, 0.05) is 24.2 Å². The molecule has 0 radical (unpaired) electrons. The van der Waals surface area contributed by atoms with E-state index in [1.54, 1.807) is 24.3 Å². The number of ether oxygens (including phenoxy) is 2. The van der Waals surface area contributed by atoms with Crippen LogP contribution in [0.15, 0.2) is 54.6 Å². The Kier molecular flexibility index (Phi) is 10.00. The number of amides is 2. The minimum Gasteiger partial charge on any atom is -0.445 e. The second-order valence-electron chi connectivity index (χ2n) is 11.2. The Hall–Kier alpha value is -3.77. The van der Waals surface area contributed by atoms with Gasteiger partial charge in [0.1, 0.15) is 11.4 Å². The minimum atomic E-state index is -0.784. The summed E-state index contributed by atoms with van der Waals surface area (Å²) in [6, 6.07) is 16.4. The van der Waals surface area contributed by atoms with E-state index in [0.29, 0.717) is 25.7 Å². The molecule has 232 valence electrons. The molecule has 44 heavy (non-hydrogen) atoms. The van der Waals surface area contributed by atoms with E-state index in [4.69, 9.17) is 21.1 Å². The molecule has 0 spiro atoms. The van der Waals surface area contributed by atoms with Crippen molar-refractivity contribution in [2.75, 3.05) is 38.7 Å². The molecule has 0 bridgehead atoms. The molecule has 0 unspecified atom stereocenters. The molecule has 4 aromatic rings. The highest BCUT2D eigenvalue weighted by Gasteiger charge is 2.28. The van der Waals surface area contributed by atoms with Crippen LogP contribution in [0.3, 0.4) is 0 Å². The number of likely N-dealkylation sites (tertiary alicyclic amines) is 1. The number of hydrogen-bond acceptors (Lipinski definition) is 8. The number of benzene rings is 2. The number of carbonyl (C=O) groups is 3. The number of piperidine rings is 1. The minimum absolute atomic E-state index is 0.0207. The van der Waals surface area contributed by atoms with E-state index in [1.165, 1.54) is 26.4 Å². The molecule has 2 amide bonds. The number of nitrogens with one attached hydrogen (secondary N) is 2. The van der Waals surface area contributed by atoms with Crippen LogP contribution in [0, 0.1) is 0 Å². The highest BCUT2D eigenvalue weighted by atomic mass is 35.5. The van der Waals surface area contributed by atoms with E-state index in [1.807, 2.05) is 44.2 Å². The van der Waals surface area contributed by atoms with Crippen molar-refractivity contribution < 1.29 is 23.9 Å². The molecule has 2 aromatic heterocycles. The number of anilines is 1. The van der Waals surface area contributed by atoms with Crippen LogP contribution in [0.25, 0.3) is 10.2 Å². The van der Waals surface area contributed by atoms with Crippen LogP contribution in [0.2, 0.25) is 5.02 Å². The predicted molar refractivity (Wildman–Crippen MR) is 172 cm³/mol. The molecule has 0 aliphatic carbocycles. The number of halogens is 1. The molecule has 2 N–H and O–H groups in total. The fourth-order valence-corrected chi connectivity index (χ4v) is 6.58. The Morgan fingerprint density at radius 1 is 1.00 bits per heavy atom. The maximum absolute atomic E-state index is 13.4. The molecule has 5 rings (SSSR count). The Balaban J connectivity index is 1.38. The second-order valence-corrected chi connectivity index (χ2v) is 12.7. The first-order valence-corrected chi connectivity index (χ1v) is 15.7. The fourth-order valence-electron chi connectivity index (χ4n) is 5.21. The molecule has 0 saturated carbocycles. The van der Waals surface area contributed by atoms with Gasteiger partial charge in [-0.1, -0.05) is 48.4 Å². The van der Waals surface area contributed by atoms with Crippen molar-refractivity contribution in [3.8, 4) is 0 Å². The number of nitrogens with zero attached hydrogens (tertiary/aromatic N) is 3. The standard InChI is InChI=1S/C32H36ClN5O5S/c1-32(2,24-9-5-6-10-25(24)33)35-29(40)26-19-23-27(36-38(30(23)44-26)31(41)43-18-17-42-3)34-28(39)22-13-11-21(12-14-22)20-37-15-7-4-8-16-37/h5-6,9-14,19H,4,7-8,15-18,20H2,1-3H3,(H,35,40)(H,34,36,39). The molecule has 10 nitrogen and oxygen atoms in total. The summed E-state index contributed by atoms with van der Waals surface area (Å²) in [5.41, 5.74) is 1.57. The van der Waals surface area contributed by atoms with Crippen molar-refractivity contribution in [1.29, 1.82) is 0 Å². The molecule has 1 aliphatic rings. The van der Waals surface area contributed by atoms with E-state index in [-0.39, 0.29) is 30.8 Å². The number of hydrogen-bond donors (Lipinski definition) is 2. The molecule has 1 saturated heterocycles. The van der Waals surface area contributed by atoms with Gasteiger partial charge < -0.3 is 20.1 Å². The fraction of sp³-hybridized carbons (Fsp3) is 0.375. The number of fused-ring (bicyclic) bond motifs is 1. The van der Waals surface area contributed by atoms with E-state index >= 15 is 0 Å². The van der Waals surface area contributed by atoms with Crippen LogP contribution in [0.5, 0.6) is 0 Å². The summed E-state index contributed by atoms with van der Waals surface area (Å²) in [5.74, 6) is -0.602. The molecule has 3 heterocycles. The molecule has 12 heteroatoms. The Morgan fingerprint density at radius 3 is 2.43 bits per heavy atom. The van der Waals surface area contributed by atoms with Gasteiger partial charge in [0.15, 0.2) is 5.82 Å². The zero-order valence-corrected chi connectivity index (χ0v) is 26.6. The average Bonchev–Trinajstić information content (AvgIpc) is 3.59. The normalized spacial score (nSPS) is 14.0. The summed E-state index contributed by atoms with van der Waals surface area (Å²) in [6.07, 6.45) is 2.96. The van der Waals surface area contributed by atoms with Crippen LogP contribution in [-0.2, 0) is 21.6 Å². The Labute approximate surface area is 265 Å². The van der Waals surface area contributed by atoms with Crippen molar-refractivity contribution in [2.45, 2.75) is 45.2 Å². The lowest BCUT2D eigenvalue weighted by molar-refractivity contribution is 0.0915. The number of aromatic nitrogens is 2. The number of carbonyl (C=O) groups excluding carboxylic acids is 3. The highest BCUT2D eigenvalue weighted by molar-refractivity contribution is 7.20. The lowest BCUT2D eigenvalue weighted by atomic mass is 9.94. The first kappa shape index (κ1) is 31.6. The summed E-state index contributed by atoms with van der Waals surface area (Å²) in [5, 5.41) is 11.2. The topological polar surface area (TPSA) is 115 Å². The van der Waals surface area contributed by atoms with Crippen LogP contribution < -0.4 is 10.6 Å². The highest BCUT2D eigenvalue weighted by Crippen LogP contribution is 2.34. The van der Waals surface area contributed by atoms with Gasteiger partial charge in [-0.15, -0.1) is 16.4 Å². The van der Waals surface area contributed by atoms with Gasteiger partial charge in [-0.25, -0.2) is 4.79 Å². The SMILES string of the molecule is COCCOC(=O)n1nc(NC(=O)c2ccc(CN3CCCCC3)cc2)c2cc(C(=O)NC(C)(C)c3ccccc3Cl)sc21. The van der Waals surface area contributed by atoms with Crippen LogP contribution in [0.4, 0.5) is 10.6 Å². The number of thiophene rings is 1. The van der Waals surface area contributed by atoms with E-state index in [0.717, 1.165) is 46.8 Å². The molecule has 1 fully saturated rings. The average molecular weight is 638 g/mol. The maximum Gasteiger partial charge on any atom is 0.436 e. The lowest BCUT2D eigenvalue weighted by Gasteiger charge is -2.27. The van der Waals surface area contributed by atoms with Gasteiger partial charge in [0.2, 0.25) is 0 Å². The lowest BCUT2D eigenvalue weighted by Crippen LogP contribution is -2.40. The van der Waals surface area contributed by atoms with Crippen LogP contribution in [0.1, 0.15) is 64.3 Å². The van der Waals surface area contributed by atoms with Gasteiger partial charge in [-0.05, 0) is 75.2 Å². The van der Waals surface area contributed by atoms with Crippen molar-refractivity contribution in [3.63, 3.8) is 0 Å². The first-order chi connectivity index (χ1) is 21.2. The number of methoxy groups -OCH3 is 1. The van der Waals surface area contributed by atoms with Gasteiger partial charge in [0.25, 0.3) is 11.8 Å². The van der Waals surface area contributed by atoms with E-state index in [2.05, 4.69) is 20.6 Å². The van der Waals surface area contributed by atoms with Crippen molar-refractivity contribution in [2.24, 2.45) is 0 Å². The Bertz CT molecular complexity index is 1640. The quantitative estimate of drug-likeness (QED) is 0.197. The predicted octanol–water partition coefficient (Wildman–Crippen LogP) is 6.29.